The summed E-state index contributed by atoms with van der Waals surface area (Å²) >= 11 is 3.13. The topological polar surface area (TPSA) is 87.2 Å². The molecule has 2 heterocycles. The third-order valence-corrected chi connectivity index (χ3v) is 6.71. The van der Waals surface area contributed by atoms with E-state index in [4.69, 9.17) is 0 Å². The van der Waals surface area contributed by atoms with E-state index >= 15 is 0 Å². The summed E-state index contributed by atoms with van der Waals surface area (Å²) in [6, 6.07) is 9.95. The Morgan fingerprint density at radius 2 is 2.17 bits per heavy atom. The summed E-state index contributed by atoms with van der Waals surface area (Å²) in [4.78, 5) is 26.8. The molecule has 29 heavy (non-hydrogen) atoms. The monoisotopic (exact) mass is 433 g/mol. The van der Waals surface area contributed by atoms with Crippen LogP contribution in [0.2, 0.25) is 0 Å². The first kappa shape index (κ1) is 21.7. The number of benzene rings is 1. The van der Waals surface area contributed by atoms with Crippen LogP contribution in [0, 0.1) is 6.92 Å². The van der Waals surface area contributed by atoms with E-state index in [0.717, 1.165) is 41.0 Å². The maximum absolute atomic E-state index is 12.4. The van der Waals surface area contributed by atoms with Crippen LogP contribution >= 0.6 is 23.1 Å². The molecule has 7 nitrogen and oxygen atoms in total. The van der Waals surface area contributed by atoms with Crippen molar-refractivity contribution in [1.29, 1.82) is 0 Å². The van der Waals surface area contributed by atoms with Crippen molar-refractivity contribution in [3.8, 4) is 0 Å². The van der Waals surface area contributed by atoms with Crippen molar-refractivity contribution in [2.45, 2.75) is 36.6 Å². The highest BCUT2D eigenvalue weighted by atomic mass is 32.2. The average molecular weight is 434 g/mol. The minimum Gasteiger partial charge on any atom is -0.355 e. The zero-order valence-corrected chi connectivity index (χ0v) is 18.2. The number of carbonyl (C=O) groups is 2. The van der Waals surface area contributed by atoms with Gasteiger partial charge in [0.15, 0.2) is 4.34 Å². The molecule has 0 aliphatic carbocycles. The second-order valence-electron chi connectivity index (χ2n) is 6.92. The molecule has 3 rings (SSSR count). The van der Waals surface area contributed by atoms with Gasteiger partial charge in [-0.3, -0.25) is 14.5 Å². The van der Waals surface area contributed by atoms with Crippen LogP contribution in [0.25, 0.3) is 0 Å². The average Bonchev–Trinajstić information content (AvgIpc) is 3.14. The molecule has 0 radical (unpaired) electrons. The smallest absolute Gasteiger partial charge is 0.237 e. The maximum atomic E-state index is 12.4. The molecule has 0 saturated carbocycles. The predicted octanol–water partition coefficient (Wildman–Crippen LogP) is 1.88. The number of rotatable bonds is 10. The normalized spacial score (nSPS) is 17.1. The van der Waals surface area contributed by atoms with Crippen LogP contribution in [0.15, 0.2) is 34.7 Å². The Morgan fingerprint density at radius 1 is 1.34 bits per heavy atom. The van der Waals surface area contributed by atoms with E-state index in [1.54, 1.807) is 23.1 Å². The molecule has 1 aliphatic heterocycles. The summed E-state index contributed by atoms with van der Waals surface area (Å²) in [6.45, 7) is 4.70. The van der Waals surface area contributed by atoms with Crippen molar-refractivity contribution in [2.24, 2.45) is 0 Å². The van der Waals surface area contributed by atoms with E-state index in [2.05, 4.69) is 37.9 Å². The van der Waals surface area contributed by atoms with Gasteiger partial charge in [-0.2, -0.15) is 0 Å². The standard InChI is InChI=1S/C20H27N5O2S2/c1-15-23-24-20(29-15)28-13-10-21-18(26)14-17-19(27)22-9-12-25(17)11-5-8-16-6-3-2-4-7-16/h2-4,6-7,17H,5,8-14H2,1H3,(H,21,26)(H,22,27)/t17-/m0/s1. The van der Waals surface area contributed by atoms with Crippen LogP contribution in [0.5, 0.6) is 0 Å². The molecule has 1 fully saturated rings. The van der Waals surface area contributed by atoms with Gasteiger partial charge in [-0.25, -0.2) is 0 Å². The highest BCUT2D eigenvalue weighted by molar-refractivity contribution is 8.01. The molecule has 0 bridgehead atoms. The van der Waals surface area contributed by atoms with Gasteiger partial charge in [0.25, 0.3) is 0 Å². The second kappa shape index (κ2) is 11.3. The fourth-order valence-corrected chi connectivity index (χ4v) is 5.04. The van der Waals surface area contributed by atoms with E-state index in [0.29, 0.717) is 13.1 Å². The fraction of sp³-hybridized carbons (Fsp3) is 0.500. The van der Waals surface area contributed by atoms with Crippen LogP contribution in [-0.4, -0.2) is 64.9 Å². The SMILES string of the molecule is Cc1nnc(SCCNC(=O)C[C@H]2C(=O)NCCN2CCCc2ccccc2)s1. The van der Waals surface area contributed by atoms with Gasteiger partial charge in [-0.15, -0.1) is 10.2 Å². The lowest BCUT2D eigenvalue weighted by Crippen LogP contribution is -2.56. The molecule has 9 heteroatoms. The van der Waals surface area contributed by atoms with Gasteiger partial charge in [0.05, 0.1) is 12.5 Å². The van der Waals surface area contributed by atoms with Crippen LogP contribution in [0.1, 0.15) is 23.4 Å². The van der Waals surface area contributed by atoms with Crippen molar-refractivity contribution < 1.29 is 9.59 Å². The zero-order valence-electron chi connectivity index (χ0n) is 16.6. The highest BCUT2D eigenvalue weighted by Crippen LogP contribution is 2.21. The van der Waals surface area contributed by atoms with Crippen LogP contribution in [-0.2, 0) is 16.0 Å². The van der Waals surface area contributed by atoms with Gasteiger partial charge in [0.1, 0.15) is 5.01 Å². The zero-order chi connectivity index (χ0) is 20.5. The molecule has 2 aromatic rings. The van der Waals surface area contributed by atoms with Crippen LogP contribution in [0.4, 0.5) is 0 Å². The summed E-state index contributed by atoms with van der Waals surface area (Å²) in [7, 11) is 0. The number of piperazine rings is 1. The Hall–Kier alpha value is -1.97. The summed E-state index contributed by atoms with van der Waals surface area (Å²) in [5.74, 6) is 0.594. The Balaban J connectivity index is 1.40. The lowest BCUT2D eigenvalue weighted by Gasteiger charge is -2.34. The van der Waals surface area contributed by atoms with E-state index < -0.39 is 6.04 Å². The van der Waals surface area contributed by atoms with Gasteiger partial charge < -0.3 is 10.6 Å². The maximum Gasteiger partial charge on any atom is 0.237 e. The number of nitrogens with zero attached hydrogens (tertiary/aromatic N) is 3. The minimum atomic E-state index is -0.391. The van der Waals surface area contributed by atoms with E-state index in [9.17, 15) is 9.59 Å². The predicted molar refractivity (Wildman–Crippen MR) is 116 cm³/mol. The first-order valence-corrected chi connectivity index (χ1v) is 11.7. The lowest BCUT2D eigenvalue weighted by atomic mass is 10.1. The van der Waals surface area contributed by atoms with Crippen LogP contribution in [0.3, 0.4) is 0 Å². The molecule has 1 saturated heterocycles. The van der Waals surface area contributed by atoms with Crippen molar-refractivity contribution >= 4 is 34.9 Å². The van der Waals surface area contributed by atoms with Gasteiger partial charge >= 0.3 is 0 Å². The fourth-order valence-electron chi connectivity index (χ4n) is 3.30. The largest absolute Gasteiger partial charge is 0.355 e. The van der Waals surface area contributed by atoms with Gasteiger partial charge in [-0.1, -0.05) is 53.4 Å². The molecule has 1 aliphatic rings. The first-order chi connectivity index (χ1) is 14.1. The van der Waals surface area contributed by atoms with Crippen molar-refractivity contribution in [2.75, 3.05) is 31.9 Å². The summed E-state index contributed by atoms with van der Waals surface area (Å²) < 4.78 is 0.910. The second-order valence-corrected chi connectivity index (χ2v) is 9.45. The Kier molecular flexibility index (Phi) is 8.45. The number of aryl methyl sites for hydroxylation is 2. The van der Waals surface area contributed by atoms with Crippen LogP contribution < -0.4 is 10.6 Å². The number of thioether (sulfide) groups is 1. The molecular weight excluding hydrogens is 406 g/mol. The first-order valence-electron chi connectivity index (χ1n) is 9.87. The van der Waals surface area contributed by atoms with Gasteiger partial charge in [-0.05, 0) is 31.9 Å². The Labute approximate surface area is 179 Å². The molecule has 0 unspecified atom stereocenters. The number of amides is 2. The number of nitrogens with one attached hydrogen (secondary N) is 2. The number of hydrogen-bond donors (Lipinski definition) is 2. The Morgan fingerprint density at radius 3 is 2.93 bits per heavy atom. The quantitative estimate of drug-likeness (QED) is 0.439. The minimum absolute atomic E-state index is 0.0511. The van der Waals surface area contributed by atoms with Gasteiger partial charge in [0, 0.05) is 25.4 Å². The van der Waals surface area contributed by atoms with Crippen molar-refractivity contribution in [3.05, 3.63) is 40.9 Å². The molecule has 1 aromatic heterocycles. The van der Waals surface area contributed by atoms with Crippen molar-refractivity contribution in [3.63, 3.8) is 0 Å². The lowest BCUT2D eigenvalue weighted by molar-refractivity contribution is -0.133. The molecule has 2 N–H and O–H groups in total. The molecule has 156 valence electrons. The Bertz CT molecular complexity index is 799. The van der Waals surface area contributed by atoms with E-state index in [1.807, 2.05) is 25.1 Å². The van der Waals surface area contributed by atoms with E-state index in [-0.39, 0.29) is 18.2 Å². The number of carbonyl (C=O) groups excluding carboxylic acids is 2. The molecule has 1 aromatic carbocycles. The summed E-state index contributed by atoms with van der Waals surface area (Å²) in [5, 5.41) is 14.8. The van der Waals surface area contributed by atoms with Gasteiger partial charge in [0.2, 0.25) is 11.8 Å². The number of hydrogen-bond acceptors (Lipinski definition) is 7. The molecule has 1 atom stereocenters. The third-order valence-electron chi connectivity index (χ3n) is 4.73. The number of aromatic nitrogens is 2. The molecule has 2 amide bonds. The third kappa shape index (κ3) is 7.09. The summed E-state index contributed by atoms with van der Waals surface area (Å²) in [5.41, 5.74) is 1.30. The van der Waals surface area contributed by atoms with E-state index in [1.165, 1.54) is 5.56 Å². The molecular formula is C20H27N5O2S2. The highest BCUT2D eigenvalue weighted by Gasteiger charge is 2.31. The van der Waals surface area contributed by atoms with Crippen molar-refractivity contribution in [1.82, 2.24) is 25.7 Å². The summed E-state index contributed by atoms with van der Waals surface area (Å²) in [6.07, 6.45) is 2.13. The molecule has 0 spiro atoms.